The maximum Gasteiger partial charge on any atom is 0.225 e. The smallest absolute Gasteiger partial charge is 0.225 e. The van der Waals surface area contributed by atoms with E-state index in [9.17, 15) is 4.79 Å². The minimum Gasteiger partial charge on any atom is -0.497 e. The topological polar surface area (TPSA) is 69.0 Å². The highest BCUT2D eigenvalue weighted by Gasteiger charge is 2.05. The minimum atomic E-state index is -0.0729. The molecule has 2 aromatic rings. The first kappa shape index (κ1) is 13.1. The number of aryl methyl sites for hydroxylation is 2. The van der Waals surface area contributed by atoms with Crippen molar-refractivity contribution in [3.8, 4) is 5.75 Å². The molecular weight excluding hydrogens is 244 g/mol. The molecule has 0 aliphatic heterocycles. The van der Waals surface area contributed by atoms with Crippen molar-refractivity contribution in [2.24, 2.45) is 7.05 Å². The largest absolute Gasteiger partial charge is 0.497 e. The number of ether oxygens (including phenoxy) is 1. The summed E-state index contributed by atoms with van der Waals surface area (Å²) >= 11 is 0. The Hall–Kier alpha value is -2.37. The molecule has 1 heterocycles. The van der Waals surface area contributed by atoms with E-state index in [1.54, 1.807) is 25.0 Å². The van der Waals surface area contributed by atoms with Crippen LogP contribution in [0.15, 0.2) is 30.5 Å². The lowest BCUT2D eigenvalue weighted by Crippen LogP contribution is -2.12. The van der Waals surface area contributed by atoms with Crippen molar-refractivity contribution in [3.05, 3.63) is 36.0 Å². The van der Waals surface area contributed by atoms with Gasteiger partial charge in [0.2, 0.25) is 5.91 Å². The SMILES string of the molecule is COc1ccc(CCC(=O)Nc2cn(C)nn2)cc1. The number of carbonyl (C=O) groups is 1. The number of aromatic nitrogens is 3. The first-order valence-electron chi connectivity index (χ1n) is 5.96. The number of nitrogens with zero attached hydrogens (tertiary/aromatic N) is 3. The van der Waals surface area contributed by atoms with Crippen molar-refractivity contribution in [1.29, 1.82) is 0 Å². The molecule has 100 valence electrons. The quantitative estimate of drug-likeness (QED) is 0.882. The zero-order valence-corrected chi connectivity index (χ0v) is 11.0. The maximum atomic E-state index is 11.7. The number of hydrogen-bond donors (Lipinski definition) is 1. The summed E-state index contributed by atoms with van der Waals surface area (Å²) in [6.45, 7) is 0. The van der Waals surface area contributed by atoms with Gasteiger partial charge in [0.1, 0.15) is 5.75 Å². The predicted molar refractivity (Wildman–Crippen MR) is 70.9 cm³/mol. The number of benzene rings is 1. The number of amides is 1. The average molecular weight is 260 g/mol. The Morgan fingerprint density at radius 3 is 2.68 bits per heavy atom. The molecule has 0 aliphatic carbocycles. The Morgan fingerprint density at radius 2 is 2.11 bits per heavy atom. The van der Waals surface area contributed by atoms with Gasteiger partial charge in [-0.2, -0.15) is 0 Å². The van der Waals surface area contributed by atoms with E-state index < -0.39 is 0 Å². The van der Waals surface area contributed by atoms with Gasteiger partial charge in [0.15, 0.2) is 5.82 Å². The van der Waals surface area contributed by atoms with Gasteiger partial charge >= 0.3 is 0 Å². The number of carbonyl (C=O) groups excluding carboxylic acids is 1. The van der Waals surface area contributed by atoms with E-state index in [2.05, 4.69) is 15.6 Å². The third kappa shape index (κ3) is 3.80. The predicted octanol–water partition coefficient (Wildman–Crippen LogP) is 1.39. The molecule has 0 fully saturated rings. The van der Waals surface area contributed by atoms with Gasteiger partial charge in [-0.25, -0.2) is 0 Å². The van der Waals surface area contributed by atoms with Crippen LogP contribution in [0.2, 0.25) is 0 Å². The molecule has 0 saturated carbocycles. The molecule has 0 unspecified atom stereocenters. The van der Waals surface area contributed by atoms with Crippen LogP contribution in [0, 0.1) is 0 Å². The van der Waals surface area contributed by atoms with Crippen molar-refractivity contribution in [3.63, 3.8) is 0 Å². The first-order chi connectivity index (χ1) is 9.17. The zero-order chi connectivity index (χ0) is 13.7. The molecule has 6 heteroatoms. The number of rotatable bonds is 5. The molecule has 1 N–H and O–H groups in total. The molecule has 1 amide bonds. The number of anilines is 1. The van der Waals surface area contributed by atoms with E-state index in [1.165, 1.54) is 0 Å². The van der Waals surface area contributed by atoms with E-state index in [1.807, 2.05) is 24.3 Å². The Morgan fingerprint density at radius 1 is 1.37 bits per heavy atom. The zero-order valence-electron chi connectivity index (χ0n) is 11.0. The molecule has 1 aromatic heterocycles. The Bertz CT molecular complexity index is 548. The molecule has 6 nitrogen and oxygen atoms in total. The van der Waals surface area contributed by atoms with Crippen LogP contribution < -0.4 is 10.1 Å². The lowest BCUT2D eigenvalue weighted by Gasteiger charge is -2.03. The number of nitrogens with one attached hydrogen (secondary N) is 1. The normalized spacial score (nSPS) is 10.2. The lowest BCUT2D eigenvalue weighted by molar-refractivity contribution is -0.116. The Balaban J connectivity index is 1.82. The lowest BCUT2D eigenvalue weighted by atomic mass is 10.1. The van der Waals surface area contributed by atoms with E-state index in [0.29, 0.717) is 18.7 Å². The molecule has 19 heavy (non-hydrogen) atoms. The van der Waals surface area contributed by atoms with Crippen molar-refractivity contribution in [2.45, 2.75) is 12.8 Å². The highest BCUT2D eigenvalue weighted by molar-refractivity contribution is 5.89. The van der Waals surface area contributed by atoms with Crippen LogP contribution in [-0.2, 0) is 18.3 Å². The molecule has 2 rings (SSSR count). The summed E-state index contributed by atoms with van der Waals surface area (Å²) in [5.74, 6) is 1.21. The van der Waals surface area contributed by atoms with Crippen molar-refractivity contribution in [2.75, 3.05) is 12.4 Å². The Labute approximate surface area is 111 Å². The third-order valence-corrected chi connectivity index (χ3v) is 2.67. The minimum absolute atomic E-state index is 0.0729. The van der Waals surface area contributed by atoms with Crippen LogP contribution in [0.3, 0.4) is 0 Å². The van der Waals surface area contributed by atoms with Gasteiger partial charge in [-0.3, -0.25) is 9.48 Å². The van der Waals surface area contributed by atoms with Gasteiger partial charge < -0.3 is 10.1 Å². The van der Waals surface area contributed by atoms with Gasteiger partial charge in [-0.15, -0.1) is 5.10 Å². The van der Waals surface area contributed by atoms with E-state index in [0.717, 1.165) is 11.3 Å². The second kappa shape index (κ2) is 5.99. The molecule has 0 aliphatic rings. The standard InChI is InChI=1S/C13H16N4O2/c1-17-9-12(15-16-17)14-13(18)8-5-10-3-6-11(19-2)7-4-10/h3-4,6-7,9H,5,8H2,1-2H3,(H,14,18). The Kier molecular flexibility index (Phi) is 4.12. The highest BCUT2D eigenvalue weighted by Crippen LogP contribution is 2.12. The van der Waals surface area contributed by atoms with E-state index in [4.69, 9.17) is 4.74 Å². The van der Waals surface area contributed by atoms with Crippen LogP contribution in [-0.4, -0.2) is 28.0 Å². The van der Waals surface area contributed by atoms with Crippen LogP contribution in [0.5, 0.6) is 5.75 Å². The molecule has 0 atom stereocenters. The summed E-state index contributed by atoms with van der Waals surface area (Å²) in [6, 6.07) is 7.68. The van der Waals surface area contributed by atoms with Crippen molar-refractivity contribution in [1.82, 2.24) is 15.0 Å². The third-order valence-electron chi connectivity index (χ3n) is 2.67. The summed E-state index contributed by atoms with van der Waals surface area (Å²) in [5, 5.41) is 10.2. The van der Waals surface area contributed by atoms with E-state index in [-0.39, 0.29) is 5.91 Å². The highest BCUT2D eigenvalue weighted by atomic mass is 16.5. The van der Waals surface area contributed by atoms with Crippen LogP contribution in [0.1, 0.15) is 12.0 Å². The van der Waals surface area contributed by atoms with Crippen LogP contribution in [0.4, 0.5) is 5.82 Å². The molecule has 0 bridgehead atoms. The number of methoxy groups -OCH3 is 1. The molecule has 0 radical (unpaired) electrons. The van der Waals surface area contributed by atoms with Gasteiger partial charge in [0.05, 0.1) is 13.3 Å². The monoisotopic (exact) mass is 260 g/mol. The summed E-state index contributed by atoms with van der Waals surface area (Å²) in [5.41, 5.74) is 1.09. The van der Waals surface area contributed by atoms with Gasteiger partial charge in [0, 0.05) is 13.5 Å². The average Bonchev–Trinajstić information content (AvgIpc) is 2.82. The summed E-state index contributed by atoms with van der Waals surface area (Å²) in [6.07, 6.45) is 2.74. The second-order valence-electron chi connectivity index (χ2n) is 4.17. The van der Waals surface area contributed by atoms with Gasteiger partial charge in [-0.05, 0) is 24.1 Å². The molecule has 1 aromatic carbocycles. The first-order valence-corrected chi connectivity index (χ1v) is 5.96. The van der Waals surface area contributed by atoms with Gasteiger partial charge in [-0.1, -0.05) is 17.3 Å². The van der Waals surface area contributed by atoms with Gasteiger partial charge in [0.25, 0.3) is 0 Å². The fourth-order valence-electron chi connectivity index (χ4n) is 1.66. The fraction of sp³-hybridized carbons (Fsp3) is 0.308. The van der Waals surface area contributed by atoms with Crippen LogP contribution >= 0.6 is 0 Å². The van der Waals surface area contributed by atoms with Crippen molar-refractivity contribution >= 4 is 11.7 Å². The van der Waals surface area contributed by atoms with E-state index >= 15 is 0 Å². The fourth-order valence-corrected chi connectivity index (χ4v) is 1.66. The second-order valence-corrected chi connectivity index (χ2v) is 4.17. The van der Waals surface area contributed by atoms with Crippen molar-refractivity contribution < 1.29 is 9.53 Å². The molecular formula is C13H16N4O2. The molecule has 0 spiro atoms. The number of hydrogen-bond acceptors (Lipinski definition) is 4. The van der Waals surface area contributed by atoms with Crippen LogP contribution in [0.25, 0.3) is 0 Å². The summed E-state index contributed by atoms with van der Waals surface area (Å²) in [7, 11) is 3.38. The summed E-state index contributed by atoms with van der Waals surface area (Å²) in [4.78, 5) is 11.7. The summed E-state index contributed by atoms with van der Waals surface area (Å²) < 4.78 is 6.62. The maximum absolute atomic E-state index is 11.7. The molecule has 0 saturated heterocycles.